The van der Waals surface area contributed by atoms with Gasteiger partial charge in [0.1, 0.15) is 0 Å². The molecule has 0 aliphatic carbocycles. The van der Waals surface area contributed by atoms with Crippen LogP contribution in [-0.4, -0.2) is 60.7 Å². The fraction of sp³-hybridized carbons (Fsp3) is 0.786. The van der Waals surface area contributed by atoms with Crippen molar-refractivity contribution in [2.75, 3.05) is 33.9 Å². The minimum absolute atomic E-state index is 0.111. The van der Waals surface area contributed by atoms with Crippen molar-refractivity contribution in [2.24, 2.45) is 5.73 Å². The number of aromatic nitrogens is 2. The van der Waals surface area contributed by atoms with Gasteiger partial charge in [-0.15, -0.1) is 0 Å². The van der Waals surface area contributed by atoms with Crippen molar-refractivity contribution in [1.29, 1.82) is 0 Å². The summed E-state index contributed by atoms with van der Waals surface area (Å²) in [5.74, 6) is 0. The third-order valence-corrected chi connectivity index (χ3v) is 4.00. The Hall–Kier alpha value is -0.950. The second kappa shape index (κ2) is 7.17. The molecule has 1 saturated heterocycles. The maximum atomic E-state index is 5.98. The number of likely N-dealkylation sites (tertiary alicyclic amines) is 1. The van der Waals surface area contributed by atoms with Crippen LogP contribution < -0.4 is 5.73 Å². The van der Waals surface area contributed by atoms with Crippen molar-refractivity contribution < 1.29 is 9.47 Å². The summed E-state index contributed by atoms with van der Waals surface area (Å²) in [7, 11) is 3.47. The van der Waals surface area contributed by atoms with Crippen LogP contribution >= 0.6 is 0 Å². The maximum absolute atomic E-state index is 5.98. The lowest BCUT2D eigenvalue weighted by atomic mass is 10.1. The van der Waals surface area contributed by atoms with E-state index in [2.05, 4.69) is 23.1 Å². The molecule has 3 unspecified atom stereocenters. The molecule has 1 aromatic heterocycles. The molecule has 0 spiro atoms. The highest BCUT2D eigenvalue weighted by Gasteiger charge is 2.36. The van der Waals surface area contributed by atoms with E-state index in [-0.39, 0.29) is 18.2 Å². The number of nitrogens with two attached hydrogens (primary N) is 1. The monoisotopic (exact) mass is 282 g/mol. The molecular formula is C14H26N4O2. The quantitative estimate of drug-likeness (QED) is 0.795. The van der Waals surface area contributed by atoms with Crippen LogP contribution in [0.1, 0.15) is 24.9 Å². The van der Waals surface area contributed by atoms with Gasteiger partial charge < -0.3 is 15.2 Å². The fourth-order valence-electron chi connectivity index (χ4n) is 2.88. The highest BCUT2D eigenvalue weighted by Crippen LogP contribution is 2.26. The summed E-state index contributed by atoms with van der Waals surface area (Å²) >= 11 is 0. The molecule has 0 bridgehead atoms. The zero-order valence-electron chi connectivity index (χ0n) is 12.7. The van der Waals surface area contributed by atoms with E-state index in [1.807, 2.05) is 10.9 Å². The van der Waals surface area contributed by atoms with Crippen LogP contribution in [0.25, 0.3) is 0 Å². The predicted molar refractivity (Wildman–Crippen MR) is 77.5 cm³/mol. The third kappa shape index (κ3) is 3.20. The molecule has 0 aromatic carbocycles. The Labute approximate surface area is 120 Å². The summed E-state index contributed by atoms with van der Waals surface area (Å²) in [5.41, 5.74) is 7.15. The Morgan fingerprint density at radius 3 is 2.50 bits per heavy atom. The number of aryl methyl sites for hydroxylation is 1. The van der Waals surface area contributed by atoms with Crippen molar-refractivity contribution in [3.05, 3.63) is 18.0 Å². The molecule has 20 heavy (non-hydrogen) atoms. The van der Waals surface area contributed by atoms with Crippen molar-refractivity contribution >= 4 is 0 Å². The Balaban J connectivity index is 2.08. The number of hydrogen-bond donors (Lipinski definition) is 1. The molecule has 1 aromatic rings. The zero-order chi connectivity index (χ0) is 14.5. The van der Waals surface area contributed by atoms with E-state index in [9.17, 15) is 0 Å². The molecule has 114 valence electrons. The van der Waals surface area contributed by atoms with E-state index in [1.54, 1.807) is 14.2 Å². The van der Waals surface area contributed by atoms with Gasteiger partial charge in [0, 0.05) is 52.2 Å². The van der Waals surface area contributed by atoms with E-state index >= 15 is 0 Å². The molecule has 3 atom stereocenters. The maximum Gasteiger partial charge on any atom is 0.0972 e. The third-order valence-electron chi connectivity index (χ3n) is 4.00. The average Bonchev–Trinajstić information content (AvgIpc) is 3.07. The minimum Gasteiger partial charge on any atom is -0.377 e. The molecular weight excluding hydrogens is 256 g/mol. The summed E-state index contributed by atoms with van der Waals surface area (Å²) in [6.07, 6.45) is 5.33. The summed E-state index contributed by atoms with van der Waals surface area (Å²) in [6, 6.07) is 0.179. The second-order valence-corrected chi connectivity index (χ2v) is 5.29. The van der Waals surface area contributed by atoms with E-state index in [4.69, 9.17) is 15.2 Å². The van der Waals surface area contributed by atoms with Gasteiger partial charge >= 0.3 is 0 Å². The van der Waals surface area contributed by atoms with Gasteiger partial charge in [0.25, 0.3) is 0 Å². The highest BCUT2D eigenvalue weighted by molar-refractivity contribution is 5.12. The van der Waals surface area contributed by atoms with Crippen LogP contribution in [0.2, 0.25) is 0 Å². The van der Waals surface area contributed by atoms with E-state index in [1.165, 1.54) is 5.56 Å². The Morgan fingerprint density at radius 2 is 2.00 bits per heavy atom. The van der Waals surface area contributed by atoms with Crippen LogP contribution in [0.3, 0.4) is 0 Å². The first-order valence-electron chi connectivity index (χ1n) is 7.25. The van der Waals surface area contributed by atoms with Gasteiger partial charge in [-0.3, -0.25) is 9.58 Å². The molecule has 1 aliphatic heterocycles. The molecule has 1 aliphatic rings. The molecule has 2 N–H and O–H groups in total. The van der Waals surface area contributed by atoms with E-state index in [0.717, 1.165) is 26.1 Å². The zero-order valence-corrected chi connectivity index (χ0v) is 12.7. The molecule has 2 rings (SSSR count). The number of hydrogen-bond acceptors (Lipinski definition) is 5. The van der Waals surface area contributed by atoms with Gasteiger partial charge in [-0.1, -0.05) is 6.92 Å². The van der Waals surface area contributed by atoms with E-state index < -0.39 is 0 Å². The number of methoxy groups -OCH3 is 2. The van der Waals surface area contributed by atoms with Crippen molar-refractivity contribution in [3.8, 4) is 0 Å². The first-order chi connectivity index (χ1) is 9.73. The summed E-state index contributed by atoms with van der Waals surface area (Å²) in [4.78, 5) is 2.33. The minimum atomic E-state index is 0.111. The largest absolute Gasteiger partial charge is 0.377 e. The van der Waals surface area contributed by atoms with Gasteiger partial charge in [-0.25, -0.2) is 0 Å². The number of ether oxygens (including phenoxy) is 2. The lowest BCUT2D eigenvalue weighted by Gasteiger charge is -2.25. The Morgan fingerprint density at radius 1 is 1.35 bits per heavy atom. The van der Waals surface area contributed by atoms with Crippen LogP contribution in [0.4, 0.5) is 0 Å². The van der Waals surface area contributed by atoms with Crippen LogP contribution in [0, 0.1) is 0 Å². The molecule has 1 fully saturated rings. The summed E-state index contributed by atoms with van der Waals surface area (Å²) in [5, 5.41) is 4.40. The molecule has 6 nitrogen and oxygen atoms in total. The number of nitrogens with zero attached hydrogens (tertiary/aromatic N) is 3. The SMILES string of the molecule is CCCn1cc(C(CN)N2CC(OC)C(OC)C2)cn1. The molecule has 6 heteroatoms. The summed E-state index contributed by atoms with van der Waals surface area (Å²) in [6.45, 7) is 5.35. The Kier molecular flexibility index (Phi) is 5.54. The lowest BCUT2D eigenvalue weighted by molar-refractivity contribution is -0.00461. The van der Waals surface area contributed by atoms with Crippen molar-refractivity contribution in [2.45, 2.75) is 38.1 Å². The summed E-state index contributed by atoms with van der Waals surface area (Å²) < 4.78 is 13.0. The molecule has 0 saturated carbocycles. The first kappa shape index (κ1) is 15.4. The molecule has 2 heterocycles. The number of rotatable bonds is 7. The van der Waals surface area contributed by atoms with Gasteiger partial charge in [-0.05, 0) is 6.42 Å². The van der Waals surface area contributed by atoms with E-state index in [0.29, 0.717) is 6.54 Å². The van der Waals surface area contributed by atoms with Crippen molar-refractivity contribution in [3.63, 3.8) is 0 Å². The van der Waals surface area contributed by atoms with Gasteiger partial charge in [0.15, 0.2) is 0 Å². The average molecular weight is 282 g/mol. The first-order valence-corrected chi connectivity index (χ1v) is 7.25. The van der Waals surface area contributed by atoms with Gasteiger partial charge in [0.2, 0.25) is 0 Å². The Bertz CT molecular complexity index is 398. The predicted octanol–water partition coefficient (Wildman–Crippen LogP) is 0.639. The smallest absolute Gasteiger partial charge is 0.0972 e. The topological polar surface area (TPSA) is 65.5 Å². The standard InChI is InChI=1S/C14H26N4O2/c1-4-5-18-8-11(7-16-18)12(6-15)17-9-13(19-2)14(10-17)20-3/h7-8,12-14H,4-6,9-10,15H2,1-3H3. The molecule has 0 amide bonds. The fourth-order valence-corrected chi connectivity index (χ4v) is 2.88. The van der Waals surface area contributed by atoms with Crippen LogP contribution in [-0.2, 0) is 16.0 Å². The van der Waals surface area contributed by atoms with Gasteiger partial charge in [-0.2, -0.15) is 5.10 Å². The van der Waals surface area contributed by atoms with Crippen LogP contribution in [0.5, 0.6) is 0 Å². The lowest BCUT2D eigenvalue weighted by Crippen LogP contribution is -2.33. The van der Waals surface area contributed by atoms with Crippen LogP contribution in [0.15, 0.2) is 12.4 Å². The molecule has 0 radical (unpaired) electrons. The highest BCUT2D eigenvalue weighted by atomic mass is 16.5. The van der Waals surface area contributed by atoms with Gasteiger partial charge in [0.05, 0.1) is 24.4 Å². The second-order valence-electron chi connectivity index (χ2n) is 5.29. The van der Waals surface area contributed by atoms with Crippen molar-refractivity contribution in [1.82, 2.24) is 14.7 Å². The normalized spacial score (nSPS) is 25.2.